The van der Waals surface area contributed by atoms with Crippen molar-refractivity contribution < 1.29 is 14.6 Å². The molecule has 4 nitrogen and oxygen atoms in total. The Bertz CT molecular complexity index is 584. The summed E-state index contributed by atoms with van der Waals surface area (Å²) in [7, 11) is 0. The minimum atomic E-state index is -0.891. The molecule has 1 atom stereocenters. The van der Waals surface area contributed by atoms with Crippen LogP contribution >= 0.6 is 22.7 Å². The van der Waals surface area contributed by atoms with E-state index in [0.717, 1.165) is 41.4 Å². The van der Waals surface area contributed by atoms with Crippen LogP contribution in [-0.4, -0.2) is 28.8 Å². The molecular formula is C13H13NO3S2. The maximum absolute atomic E-state index is 10.9. The predicted octanol–water partition coefficient (Wildman–Crippen LogP) is 3.29. The molecule has 3 rings (SSSR count). The molecule has 1 fully saturated rings. The van der Waals surface area contributed by atoms with Gasteiger partial charge in [-0.2, -0.15) is 0 Å². The highest BCUT2D eigenvalue weighted by Gasteiger charge is 2.18. The predicted molar refractivity (Wildman–Crippen MR) is 75.1 cm³/mol. The van der Waals surface area contributed by atoms with Gasteiger partial charge < -0.3 is 9.84 Å². The lowest BCUT2D eigenvalue weighted by Crippen LogP contribution is -2.08. The number of aromatic carboxylic acids is 1. The normalized spacial score (nSPS) is 18.8. The first-order chi connectivity index (χ1) is 9.22. The monoisotopic (exact) mass is 295 g/mol. The summed E-state index contributed by atoms with van der Waals surface area (Å²) < 4.78 is 5.60. The first-order valence-corrected chi connectivity index (χ1v) is 7.86. The lowest BCUT2D eigenvalue weighted by molar-refractivity contribution is 0.0697. The summed E-state index contributed by atoms with van der Waals surface area (Å²) in [5.74, 6) is -0.891. The third-order valence-corrected chi connectivity index (χ3v) is 4.90. The van der Waals surface area contributed by atoms with Crippen molar-refractivity contribution in [2.24, 2.45) is 0 Å². The molecule has 1 saturated heterocycles. The Hall–Kier alpha value is -1.24. The number of nitrogens with zero attached hydrogens (tertiary/aromatic N) is 1. The molecule has 0 spiro atoms. The number of aromatic nitrogens is 1. The fraction of sp³-hybridized carbons (Fsp3) is 0.385. The number of hydrogen-bond acceptors (Lipinski definition) is 5. The van der Waals surface area contributed by atoms with Gasteiger partial charge >= 0.3 is 5.97 Å². The Kier molecular flexibility index (Phi) is 3.63. The molecule has 3 heterocycles. The molecule has 0 aromatic carbocycles. The molecule has 0 radical (unpaired) electrons. The topological polar surface area (TPSA) is 59.4 Å². The quantitative estimate of drug-likeness (QED) is 0.940. The average molecular weight is 295 g/mol. The minimum absolute atomic E-state index is 0.303. The standard InChI is InChI=1S/C13H13NO3S2/c15-13(16)8-4-11(18-6-8)10-7-19-12(14-10)5-9-2-1-3-17-9/h4,6-7,9H,1-3,5H2,(H,15,16). The fourth-order valence-corrected chi connectivity index (χ4v) is 3.88. The molecule has 2 aromatic heterocycles. The Labute approximate surface area is 118 Å². The van der Waals surface area contributed by atoms with Gasteiger partial charge in [0.2, 0.25) is 0 Å². The van der Waals surface area contributed by atoms with Gasteiger partial charge in [-0.1, -0.05) is 0 Å². The molecule has 1 aliphatic heterocycles. The first kappa shape index (κ1) is 12.8. The van der Waals surface area contributed by atoms with E-state index in [1.54, 1.807) is 22.8 Å². The highest BCUT2D eigenvalue weighted by molar-refractivity contribution is 7.14. The van der Waals surface area contributed by atoms with Crippen LogP contribution in [0.5, 0.6) is 0 Å². The molecule has 0 aliphatic carbocycles. The minimum Gasteiger partial charge on any atom is -0.478 e. The Morgan fingerprint density at radius 3 is 3.05 bits per heavy atom. The summed E-state index contributed by atoms with van der Waals surface area (Å²) >= 11 is 3.04. The lowest BCUT2D eigenvalue weighted by Gasteiger charge is -2.05. The largest absolute Gasteiger partial charge is 0.478 e. The van der Waals surface area contributed by atoms with Crippen LogP contribution in [0, 0.1) is 0 Å². The number of hydrogen-bond donors (Lipinski definition) is 1. The summed E-state index contributed by atoms with van der Waals surface area (Å²) in [6.07, 6.45) is 3.41. The lowest BCUT2D eigenvalue weighted by atomic mass is 10.2. The second-order valence-corrected chi connectivity index (χ2v) is 6.32. The van der Waals surface area contributed by atoms with Gasteiger partial charge in [-0.05, 0) is 18.9 Å². The smallest absolute Gasteiger partial charge is 0.336 e. The molecule has 100 valence electrons. The second kappa shape index (κ2) is 5.40. The number of thiophene rings is 1. The zero-order valence-electron chi connectivity index (χ0n) is 10.2. The van der Waals surface area contributed by atoms with E-state index in [9.17, 15) is 4.79 Å². The zero-order valence-corrected chi connectivity index (χ0v) is 11.8. The van der Waals surface area contributed by atoms with E-state index in [-0.39, 0.29) is 0 Å². The number of carbonyl (C=O) groups is 1. The Morgan fingerprint density at radius 2 is 2.37 bits per heavy atom. The van der Waals surface area contributed by atoms with Crippen LogP contribution in [0.2, 0.25) is 0 Å². The zero-order chi connectivity index (χ0) is 13.2. The highest BCUT2D eigenvalue weighted by atomic mass is 32.1. The first-order valence-electron chi connectivity index (χ1n) is 6.10. The van der Waals surface area contributed by atoms with Gasteiger partial charge in [0.25, 0.3) is 0 Å². The van der Waals surface area contributed by atoms with Crippen molar-refractivity contribution in [2.45, 2.75) is 25.4 Å². The highest BCUT2D eigenvalue weighted by Crippen LogP contribution is 2.29. The number of thiazole rings is 1. The molecule has 6 heteroatoms. The van der Waals surface area contributed by atoms with Crippen LogP contribution in [-0.2, 0) is 11.2 Å². The van der Waals surface area contributed by atoms with Gasteiger partial charge in [0.05, 0.1) is 27.2 Å². The van der Waals surface area contributed by atoms with Crippen molar-refractivity contribution in [1.29, 1.82) is 0 Å². The van der Waals surface area contributed by atoms with Gasteiger partial charge in [-0.25, -0.2) is 9.78 Å². The Balaban J connectivity index is 1.74. The van der Waals surface area contributed by atoms with E-state index >= 15 is 0 Å². The maximum atomic E-state index is 10.9. The summed E-state index contributed by atoms with van der Waals surface area (Å²) in [5, 5.41) is 13.6. The number of ether oxygens (including phenoxy) is 1. The molecule has 1 aliphatic rings. The van der Waals surface area contributed by atoms with Crippen LogP contribution < -0.4 is 0 Å². The van der Waals surface area contributed by atoms with Crippen LogP contribution in [0.15, 0.2) is 16.8 Å². The van der Waals surface area contributed by atoms with E-state index in [1.807, 2.05) is 5.38 Å². The van der Waals surface area contributed by atoms with E-state index in [4.69, 9.17) is 9.84 Å². The summed E-state index contributed by atoms with van der Waals surface area (Å²) in [6.45, 7) is 0.857. The molecular weight excluding hydrogens is 282 g/mol. The van der Waals surface area contributed by atoms with Crippen molar-refractivity contribution in [3.05, 3.63) is 27.4 Å². The van der Waals surface area contributed by atoms with E-state index in [1.165, 1.54) is 11.3 Å². The molecule has 19 heavy (non-hydrogen) atoms. The summed E-state index contributed by atoms with van der Waals surface area (Å²) in [4.78, 5) is 16.3. The maximum Gasteiger partial charge on any atom is 0.336 e. The number of carboxylic acid groups (broad SMARTS) is 1. The second-order valence-electron chi connectivity index (χ2n) is 4.47. The van der Waals surface area contributed by atoms with Gasteiger partial charge in [-0.15, -0.1) is 22.7 Å². The SMILES string of the molecule is O=C(O)c1csc(-c2csc(CC3CCCO3)n2)c1. The van der Waals surface area contributed by atoms with Gasteiger partial charge in [0.1, 0.15) is 0 Å². The van der Waals surface area contributed by atoms with Gasteiger partial charge in [0, 0.05) is 23.8 Å². The Morgan fingerprint density at radius 1 is 1.47 bits per heavy atom. The molecule has 0 saturated carbocycles. The average Bonchev–Trinajstić information content (AvgIpc) is 3.09. The molecule has 1 unspecified atom stereocenters. The van der Waals surface area contributed by atoms with Crippen LogP contribution in [0.3, 0.4) is 0 Å². The summed E-state index contributed by atoms with van der Waals surface area (Å²) in [6, 6.07) is 1.68. The fourth-order valence-electron chi connectivity index (χ4n) is 2.10. The van der Waals surface area contributed by atoms with E-state index in [2.05, 4.69) is 4.98 Å². The molecule has 1 N–H and O–H groups in total. The molecule has 2 aromatic rings. The number of carboxylic acids is 1. The molecule has 0 amide bonds. The van der Waals surface area contributed by atoms with Crippen molar-refractivity contribution in [3.63, 3.8) is 0 Å². The third-order valence-electron chi connectivity index (χ3n) is 3.08. The number of rotatable bonds is 4. The van der Waals surface area contributed by atoms with Crippen LogP contribution in [0.4, 0.5) is 0 Å². The van der Waals surface area contributed by atoms with Crippen molar-refractivity contribution >= 4 is 28.6 Å². The third kappa shape index (κ3) is 2.86. The van der Waals surface area contributed by atoms with Crippen LogP contribution in [0.25, 0.3) is 10.6 Å². The van der Waals surface area contributed by atoms with Crippen molar-refractivity contribution in [2.75, 3.05) is 6.61 Å². The van der Waals surface area contributed by atoms with Gasteiger partial charge in [0.15, 0.2) is 0 Å². The van der Waals surface area contributed by atoms with Crippen molar-refractivity contribution in [1.82, 2.24) is 4.98 Å². The van der Waals surface area contributed by atoms with E-state index in [0.29, 0.717) is 11.7 Å². The molecule has 0 bridgehead atoms. The van der Waals surface area contributed by atoms with Crippen molar-refractivity contribution in [3.8, 4) is 10.6 Å². The van der Waals surface area contributed by atoms with Crippen LogP contribution in [0.1, 0.15) is 28.2 Å². The summed E-state index contributed by atoms with van der Waals surface area (Å²) in [5.41, 5.74) is 1.20. The van der Waals surface area contributed by atoms with E-state index < -0.39 is 5.97 Å². The van der Waals surface area contributed by atoms with Gasteiger partial charge in [-0.3, -0.25) is 0 Å².